The Bertz CT molecular complexity index is 711. The molecule has 2 heterocycles. The molecule has 0 aromatic carbocycles. The number of rotatable bonds is 5. The summed E-state index contributed by atoms with van der Waals surface area (Å²) in [5, 5.41) is 9.50. The van der Waals surface area contributed by atoms with Crippen molar-refractivity contribution in [1.82, 2.24) is 9.97 Å². The van der Waals surface area contributed by atoms with Crippen LogP contribution in [0, 0.1) is 11.3 Å². The van der Waals surface area contributed by atoms with Gasteiger partial charge in [0, 0.05) is 18.0 Å². The maximum absolute atomic E-state index is 12.5. The lowest BCUT2D eigenvalue weighted by atomic mass is 9.96. The third kappa shape index (κ3) is 3.60. The quantitative estimate of drug-likeness (QED) is 0.790. The summed E-state index contributed by atoms with van der Waals surface area (Å²) in [5.41, 5.74) is 0.645. The number of hydrogen-bond acceptors (Lipinski definition) is 5. The SMILES string of the molecule is CC(C)Oc1ncc(C(=O)[C@H](C#N)c2ccccn2)cc1Cl. The molecule has 0 spiro atoms. The molecular weight excluding hydrogens is 302 g/mol. The predicted octanol–water partition coefficient (Wildman–Crippen LogP) is 3.41. The molecule has 0 fully saturated rings. The average Bonchev–Trinajstić information content (AvgIpc) is 2.50. The molecule has 0 N–H and O–H groups in total. The zero-order chi connectivity index (χ0) is 16.1. The minimum Gasteiger partial charge on any atom is -0.474 e. The van der Waals surface area contributed by atoms with Crippen LogP contribution in [0.4, 0.5) is 0 Å². The number of nitriles is 1. The van der Waals surface area contributed by atoms with Crippen molar-refractivity contribution < 1.29 is 9.53 Å². The molecule has 112 valence electrons. The number of carbonyl (C=O) groups excluding carboxylic acids is 1. The summed E-state index contributed by atoms with van der Waals surface area (Å²) in [6.45, 7) is 3.70. The number of Topliss-reactive ketones (excluding diaryl/α,β-unsaturated/α-hetero) is 1. The standard InChI is InChI=1S/C16H14ClN3O2/c1-10(2)22-16-13(17)7-11(9-20-16)15(21)12(8-18)14-5-3-4-6-19-14/h3-7,9-10,12H,1-2H3/t12-/m1/s1. The van der Waals surface area contributed by atoms with E-state index >= 15 is 0 Å². The second kappa shape index (κ2) is 7.01. The Morgan fingerprint density at radius 1 is 1.36 bits per heavy atom. The maximum atomic E-state index is 12.5. The van der Waals surface area contributed by atoms with Crippen LogP contribution in [0.2, 0.25) is 5.02 Å². The van der Waals surface area contributed by atoms with Gasteiger partial charge in [-0.15, -0.1) is 0 Å². The maximum Gasteiger partial charge on any atom is 0.232 e. The Morgan fingerprint density at radius 2 is 2.14 bits per heavy atom. The van der Waals surface area contributed by atoms with Crippen molar-refractivity contribution in [3.63, 3.8) is 0 Å². The number of ether oxygens (including phenoxy) is 1. The second-order valence-electron chi connectivity index (χ2n) is 4.86. The predicted molar refractivity (Wildman–Crippen MR) is 81.9 cm³/mol. The highest BCUT2D eigenvalue weighted by atomic mass is 35.5. The van der Waals surface area contributed by atoms with Gasteiger partial charge in [0.2, 0.25) is 5.88 Å². The first-order valence-electron chi connectivity index (χ1n) is 6.70. The first-order chi connectivity index (χ1) is 10.5. The van der Waals surface area contributed by atoms with Crippen LogP contribution in [-0.2, 0) is 0 Å². The van der Waals surface area contributed by atoms with Gasteiger partial charge in [0.1, 0.15) is 5.02 Å². The van der Waals surface area contributed by atoms with Crippen LogP contribution in [0.25, 0.3) is 0 Å². The molecule has 0 radical (unpaired) electrons. The molecule has 2 aromatic rings. The molecule has 0 amide bonds. The number of hydrogen-bond donors (Lipinski definition) is 0. The van der Waals surface area contributed by atoms with Crippen LogP contribution < -0.4 is 4.74 Å². The highest BCUT2D eigenvalue weighted by Gasteiger charge is 2.24. The van der Waals surface area contributed by atoms with E-state index in [0.29, 0.717) is 5.69 Å². The smallest absolute Gasteiger partial charge is 0.232 e. The van der Waals surface area contributed by atoms with Crippen LogP contribution in [-0.4, -0.2) is 21.9 Å². The molecule has 0 saturated heterocycles. The first kappa shape index (κ1) is 15.9. The van der Waals surface area contributed by atoms with Crippen molar-refractivity contribution in [1.29, 1.82) is 5.26 Å². The van der Waals surface area contributed by atoms with Gasteiger partial charge in [-0.05, 0) is 32.0 Å². The first-order valence-corrected chi connectivity index (χ1v) is 7.07. The van der Waals surface area contributed by atoms with Gasteiger partial charge < -0.3 is 4.74 Å². The van der Waals surface area contributed by atoms with Crippen molar-refractivity contribution in [2.75, 3.05) is 0 Å². The van der Waals surface area contributed by atoms with Crippen LogP contribution in [0.15, 0.2) is 36.7 Å². The minimum absolute atomic E-state index is 0.0769. The molecule has 0 aliphatic rings. The molecule has 0 saturated carbocycles. The summed E-state index contributed by atoms with van der Waals surface area (Å²) in [6.07, 6.45) is 2.82. The lowest BCUT2D eigenvalue weighted by Crippen LogP contribution is -2.14. The van der Waals surface area contributed by atoms with E-state index in [0.717, 1.165) is 0 Å². The molecule has 2 rings (SSSR count). The van der Waals surface area contributed by atoms with Gasteiger partial charge in [0.05, 0.1) is 17.9 Å². The van der Waals surface area contributed by atoms with Crippen LogP contribution >= 0.6 is 11.6 Å². The van der Waals surface area contributed by atoms with Gasteiger partial charge >= 0.3 is 0 Å². The normalized spacial score (nSPS) is 11.8. The van der Waals surface area contributed by atoms with E-state index in [1.54, 1.807) is 18.2 Å². The molecule has 0 unspecified atom stereocenters. The number of aromatic nitrogens is 2. The summed E-state index contributed by atoms with van der Waals surface area (Å²) >= 11 is 6.07. The van der Waals surface area contributed by atoms with E-state index in [4.69, 9.17) is 16.3 Å². The van der Waals surface area contributed by atoms with Gasteiger partial charge in [-0.3, -0.25) is 9.78 Å². The molecular formula is C16H14ClN3O2. The number of nitrogens with zero attached hydrogens (tertiary/aromatic N) is 3. The Balaban J connectivity index is 2.29. The van der Waals surface area contributed by atoms with E-state index in [-0.39, 0.29) is 22.6 Å². The highest BCUT2D eigenvalue weighted by molar-refractivity contribution is 6.32. The number of pyridine rings is 2. The van der Waals surface area contributed by atoms with E-state index in [1.807, 2.05) is 19.9 Å². The molecule has 0 aliphatic carbocycles. The number of halogens is 1. The highest BCUT2D eigenvalue weighted by Crippen LogP contribution is 2.26. The zero-order valence-electron chi connectivity index (χ0n) is 12.2. The number of carbonyl (C=O) groups is 1. The lowest BCUT2D eigenvalue weighted by molar-refractivity contribution is 0.0977. The Hall–Kier alpha value is -2.45. The minimum atomic E-state index is -0.990. The van der Waals surface area contributed by atoms with Crippen molar-refractivity contribution in [2.24, 2.45) is 0 Å². The topological polar surface area (TPSA) is 75.9 Å². The monoisotopic (exact) mass is 315 g/mol. The lowest BCUT2D eigenvalue weighted by Gasteiger charge is -2.12. The zero-order valence-corrected chi connectivity index (χ0v) is 12.9. The van der Waals surface area contributed by atoms with Crippen molar-refractivity contribution in [2.45, 2.75) is 25.9 Å². The van der Waals surface area contributed by atoms with Crippen molar-refractivity contribution in [3.05, 3.63) is 52.9 Å². The largest absolute Gasteiger partial charge is 0.474 e. The van der Waals surface area contributed by atoms with Crippen LogP contribution in [0.5, 0.6) is 5.88 Å². The average molecular weight is 316 g/mol. The number of ketones is 1. The van der Waals surface area contributed by atoms with E-state index in [1.165, 1.54) is 18.5 Å². The molecule has 1 atom stereocenters. The molecule has 2 aromatic heterocycles. The second-order valence-corrected chi connectivity index (χ2v) is 5.27. The summed E-state index contributed by atoms with van der Waals surface area (Å²) in [7, 11) is 0. The third-order valence-electron chi connectivity index (χ3n) is 2.81. The van der Waals surface area contributed by atoms with Crippen LogP contribution in [0.3, 0.4) is 0 Å². The third-order valence-corrected chi connectivity index (χ3v) is 3.08. The van der Waals surface area contributed by atoms with Gasteiger partial charge in [-0.2, -0.15) is 5.26 Å². The summed E-state index contributed by atoms with van der Waals surface area (Å²) in [4.78, 5) is 20.6. The molecule has 0 aliphatic heterocycles. The fraction of sp³-hybridized carbons (Fsp3) is 0.250. The summed E-state index contributed by atoms with van der Waals surface area (Å²) in [5.74, 6) is -1.12. The molecule has 6 heteroatoms. The fourth-order valence-corrected chi connectivity index (χ4v) is 2.05. The van der Waals surface area contributed by atoms with Gasteiger partial charge in [-0.25, -0.2) is 4.98 Å². The Kier molecular flexibility index (Phi) is 5.08. The van der Waals surface area contributed by atoms with Crippen LogP contribution in [0.1, 0.15) is 35.8 Å². The van der Waals surface area contributed by atoms with Gasteiger partial charge in [0.15, 0.2) is 11.7 Å². The Labute approximate surface area is 133 Å². The summed E-state index contributed by atoms with van der Waals surface area (Å²) < 4.78 is 5.42. The molecule has 0 bridgehead atoms. The van der Waals surface area contributed by atoms with E-state index in [2.05, 4.69) is 9.97 Å². The van der Waals surface area contributed by atoms with Gasteiger partial charge in [0.25, 0.3) is 0 Å². The van der Waals surface area contributed by atoms with Crippen molar-refractivity contribution in [3.8, 4) is 11.9 Å². The Morgan fingerprint density at radius 3 is 2.68 bits per heavy atom. The fourth-order valence-electron chi connectivity index (χ4n) is 1.84. The van der Waals surface area contributed by atoms with E-state index in [9.17, 15) is 10.1 Å². The van der Waals surface area contributed by atoms with E-state index < -0.39 is 11.7 Å². The van der Waals surface area contributed by atoms with Gasteiger partial charge in [-0.1, -0.05) is 17.7 Å². The molecule has 5 nitrogen and oxygen atoms in total. The van der Waals surface area contributed by atoms with Crippen molar-refractivity contribution >= 4 is 17.4 Å². The molecule has 22 heavy (non-hydrogen) atoms. The summed E-state index contributed by atoms with van der Waals surface area (Å²) in [6, 6.07) is 8.51.